The number of rotatable bonds is 10. The maximum Gasteiger partial charge on any atom is 0.221 e. The van der Waals surface area contributed by atoms with Crippen LogP contribution in [0.1, 0.15) is 49.9 Å². The predicted octanol–water partition coefficient (Wildman–Crippen LogP) is 2.03. The van der Waals surface area contributed by atoms with Crippen LogP contribution in [0.3, 0.4) is 0 Å². The minimum Gasteiger partial charge on any atom is -0.369 e. The molecular weight excluding hydrogens is 396 g/mol. The fourth-order valence-corrected chi connectivity index (χ4v) is 5.29. The molecule has 1 aromatic heterocycles. The van der Waals surface area contributed by atoms with Gasteiger partial charge in [0.2, 0.25) is 5.91 Å². The van der Waals surface area contributed by atoms with E-state index in [-0.39, 0.29) is 11.8 Å². The van der Waals surface area contributed by atoms with E-state index < -0.39 is 0 Å². The molecule has 0 spiro atoms. The lowest BCUT2D eigenvalue weighted by molar-refractivity contribution is -0.123. The quantitative estimate of drug-likeness (QED) is 0.298. The predicted molar refractivity (Wildman–Crippen MR) is 125 cm³/mol. The van der Waals surface area contributed by atoms with Crippen LogP contribution in [0.25, 0.3) is 0 Å². The maximum atomic E-state index is 11.5. The van der Waals surface area contributed by atoms with Crippen LogP contribution in [0.15, 0.2) is 22.5 Å². The highest BCUT2D eigenvalue weighted by Gasteiger charge is 2.25. The SMILES string of the molecule is CCNC(=NCC(c1cccs1)N1CCCC1)NCCCN1CCCC(C(N)=O)C1. The van der Waals surface area contributed by atoms with Gasteiger partial charge < -0.3 is 21.3 Å². The van der Waals surface area contributed by atoms with Crippen LogP contribution in [-0.2, 0) is 4.79 Å². The lowest BCUT2D eigenvalue weighted by Gasteiger charge is -2.31. The van der Waals surface area contributed by atoms with Crippen molar-refractivity contribution >= 4 is 23.2 Å². The lowest BCUT2D eigenvalue weighted by Crippen LogP contribution is -2.43. The third-order valence-electron chi connectivity index (χ3n) is 6.07. The molecule has 3 heterocycles. The van der Waals surface area contributed by atoms with Gasteiger partial charge in [0.25, 0.3) is 0 Å². The summed E-state index contributed by atoms with van der Waals surface area (Å²) in [5.41, 5.74) is 5.49. The van der Waals surface area contributed by atoms with Gasteiger partial charge in [0, 0.05) is 24.5 Å². The first-order valence-electron chi connectivity index (χ1n) is 11.5. The molecule has 0 aromatic carbocycles. The molecule has 8 heteroatoms. The number of primary amides is 1. The summed E-state index contributed by atoms with van der Waals surface area (Å²) in [6.07, 6.45) is 5.60. The fourth-order valence-electron chi connectivity index (χ4n) is 4.44. The molecule has 2 aliphatic heterocycles. The van der Waals surface area contributed by atoms with Gasteiger partial charge in [-0.15, -0.1) is 11.3 Å². The average Bonchev–Trinajstić information content (AvgIpc) is 3.46. The smallest absolute Gasteiger partial charge is 0.221 e. The molecular formula is C22H38N6OS. The van der Waals surface area contributed by atoms with Crippen LogP contribution in [0.5, 0.6) is 0 Å². The third-order valence-corrected chi connectivity index (χ3v) is 7.04. The molecule has 3 rings (SSSR count). The first-order valence-corrected chi connectivity index (χ1v) is 12.4. The number of likely N-dealkylation sites (tertiary alicyclic amines) is 2. The van der Waals surface area contributed by atoms with E-state index in [9.17, 15) is 4.79 Å². The highest BCUT2D eigenvalue weighted by atomic mass is 32.1. The number of nitrogens with one attached hydrogen (secondary N) is 2. The van der Waals surface area contributed by atoms with Crippen LogP contribution in [0, 0.1) is 5.92 Å². The fraction of sp³-hybridized carbons (Fsp3) is 0.727. The van der Waals surface area contributed by atoms with Gasteiger partial charge in [-0.25, -0.2) is 0 Å². The maximum absolute atomic E-state index is 11.5. The van der Waals surface area contributed by atoms with E-state index in [1.165, 1.54) is 30.8 Å². The Balaban J connectivity index is 1.47. The van der Waals surface area contributed by atoms with Crippen LogP contribution < -0.4 is 16.4 Å². The van der Waals surface area contributed by atoms with Crippen molar-refractivity contribution in [3.05, 3.63) is 22.4 Å². The Hall–Kier alpha value is -1.64. The molecule has 2 saturated heterocycles. The van der Waals surface area contributed by atoms with Crippen molar-refractivity contribution in [3.8, 4) is 0 Å². The molecule has 2 unspecified atom stereocenters. The minimum atomic E-state index is -0.155. The van der Waals surface area contributed by atoms with E-state index in [0.717, 1.165) is 64.5 Å². The highest BCUT2D eigenvalue weighted by molar-refractivity contribution is 7.10. The summed E-state index contributed by atoms with van der Waals surface area (Å²) in [7, 11) is 0. The standard InChI is InChI=1S/C22H38N6OS/c1-2-24-22(25-10-7-12-27-11-5-8-18(17-27)21(23)29)26-16-19(20-9-6-15-30-20)28-13-3-4-14-28/h6,9,15,18-19H,2-5,7-8,10-14,16-17H2,1H3,(H2,23,29)(H2,24,25,26). The Morgan fingerprint density at radius 2 is 2.13 bits per heavy atom. The Morgan fingerprint density at radius 3 is 2.83 bits per heavy atom. The third kappa shape index (κ3) is 6.96. The number of guanidine groups is 1. The van der Waals surface area contributed by atoms with E-state index in [1.54, 1.807) is 0 Å². The Labute approximate surface area is 185 Å². The number of aliphatic imine (C=N–C) groups is 1. The molecule has 1 amide bonds. The van der Waals surface area contributed by atoms with Crippen molar-refractivity contribution in [1.29, 1.82) is 0 Å². The van der Waals surface area contributed by atoms with Gasteiger partial charge in [-0.05, 0) is 76.7 Å². The number of hydrogen-bond donors (Lipinski definition) is 3. The van der Waals surface area contributed by atoms with E-state index in [1.807, 2.05) is 11.3 Å². The summed E-state index contributed by atoms with van der Waals surface area (Å²) in [6.45, 7) is 9.81. The molecule has 168 valence electrons. The van der Waals surface area contributed by atoms with E-state index in [0.29, 0.717) is 6.04 Å². The van der Waals surface area contributed by atoms with Crippen molar-refractivity contribution in [2.45, 2.75) is 45.1 Å². The first kappa shape index (κ1) is 23.0. The van der Waals surface area contributed by atoms with Gasteiger partial charge in [0.15, 0.2) is 5.96 Å². The Kier molecular flexibility index (Phi) is 9.42. The molecule has 7 nitrogen and oxygen atoms in total. The molecule has 2 fully saturated rings. The number of hydrogen-bond acceptors (Lipinski definition) is 5. The van der Waals surface area contributed by atoms with Crippen molar-refractivity contribution in [2.75, 3.05) is 52.4 Å². The van der Waals surface area contributed by atoms with Gasteiger partial charge in [0.05, 0.1) is 18.5 Å². The molecule has 0 bridgehead atoms. The molecule has 1 aromatic rings. The molecule has 30 heavy (non-hydrogen) atoms. The zero-order valence-electron chi connectivity index (χ0n) is 18.3. The van der Waals surface area contributed by atoms with Crippen molar-refractivity contribution in [1.82, 2.24) is 20.4 Å². The normalized spacial score (nSPS) is 22.2. The topological polar surface area (TPSA) is 86.0 Å². The monoisotopic (exact) mass is 434 g/mol. The van der Waals surface area contributed by atoms with Gasteiger partial charge in [-0.1, -0.05) is 6.07 Å². The first-order chi connectivity index (χ1) is 14.7. The average molecular weight is 435 g/mol. The molecule has 0 saturated carbocycles. The van der Waals surface area contributed by atoms with Gasteiger partial charge in [-0.2, -0.15) is 0 Å². The molecule has 0 radical (unpaired) electrons. The highest BCUT2D eigenvalue weighted by Crippen LogP contribution is 2.28. The van der Waals surface area contributed by atoms with Crippen LogP contribution in [-0.4, -0.2) is 74.0 Å². The summed E-state index contributed by atoms with van der Waals surface area (Å²) in [5.74, 6) is 0.759. The second-order valence-corrected chi connectivity index (χ2v) is 9.30. The second-order valence-electron chi connectivity index (χ2n) is 8.32. The van der Waals surface area contributed by atoms with Crippen LogP contribution in [0.4, 0.5) is 0 Å². The summed E-state index contributed by atoms with van der Waals surface area (Å²) >= 11 is 1.83. The number of nitrogens with two attached hydrogens (primary N) is 1. The molecule has 4 N–H and O–H groups in total. The number of carbonyl (C=O) groups is 1. The van der Waals surface area contributed by atoms with Crippen molar-refractivity contribution < 1.29 is 4.79 Å². The van der Waals surface area contributed by atoms with E-state index in [2.05, 4.69) is 44.9 Å². The minimum absolute atomic E-state index is 0.0189. The second kappa shape index (κ2) is 12.3. The van der Waals surface area contributed by atoms with Crippen LogP contribution in [0.2, 0.25) is 0 Å². The summed E-state index contributed by atoms with van der Waals surface area (Å²) in [6, 6.07) is 4.75. The molecule has 2 aliphatic rings. The van der Waals surface area contributed by atoms with E-state index >= 15 is 0 Å². The Morgan fingerprint density at radius 1 is 1.30 bits per heavy atom. The summed E-state index contributed by atoms with van der Waals surface area (Å²) in [5, 5.41) is 9.04. The van der Waals surface area contributed by atoms with Crippen molar-refractivity contribution in [3.63, 3.8) is 0 Å². The van der Waals surface area contributed by atoms with Gasteiger partial charge in [-0.3, -0.25) is 14.7 Å². The number of thiophene rings is 1. The largest absolute Gasteiger partial charge is 0.369 e. The van der Waals surface area contributed by atoms with Crippen LogP contribution >= 0.6 is 11.3 Å². The zero-order valence-corrected chi connectivity index (χ0v) is 19.1. The summed E-state index contributed by atoms with van der Waals surface area (Å²) < 4.78 is 0. The van der Waals surface area contributed by atoms with Crippen molar-refractivity contribution in [2.24, 2.45) is 16.6 Å². The van der Waals surface area contributed by atoms with Gasteiger partial charge >= 0.3 is 0 Å². The van der Waals surface area contributed by atoms with Gasteiger partial charge in [0.1, 0.15) is 0 Å². The molecule has 0 aliphatic carbocycles. The number of piperidine rings is 1. The number of carbonyl (C=O) groups excluding carboxylic acids is 1. The summed E-state index contributed by atoms with van der Waals surface area (Å²) in [4.78, 5) is 22.7. The molecule has 2 atom stereocenters. The lowest BCUT2D eigenvalue weighted by atomic mass is 9.97. The Bertz CT molecular complexity index is 659. The van der Waals surface area contributed by atoms with E-state index in [4.69, 9.17) is 10.7 Å². The zero-order chi connectivity index (χ0) is 21.2. The number of nitrogens with zero attached hydrogens (tertiary/aromatic N) is 3. The number of amides is 1.